The molecule has 0 radical (unpaired) electrons. The molecule has 0 aromatic heterocycles. The molecule has 2 aromatic rings. The Balaban J connectivity index is 2.15. The van der Waals surface area contributed by atoms with Crippen LogP contribution in [0.1, 0.15) is 23.6 Å². The van der Waals surface area contributed by atoms with Crippen molar-refractivity contribution in [3.05, 3.63) is 58.1 Å². The Bertz CT molecular complexity index is 886. The molecule has 1 N–H and O–H groups in total. The lowest BCUT2D eigenvalue weighted by Crippen LogP contribution is -2.38. The first kappa shape index (κ1) is 20.4. The fraction of sp³-hybridized carbons (Fsp3) is 0.316. The fourth-order valence-electron chi connectivity index (χ4n) is 3.01. The van der Waals surface area contributed by atoms with Crippen molar-refractivity contribution in [3.63, 3.8) is 0 Å². The van der Waals surface area contributed by atoms with Gasteiger partial charge in [0.15, 0.2) is 0 Å². The number of nitrogens with one attached hydrogen (secondary N) is 1. The minimum absolute atomic E-state index is 0.108. The van der Waals surface area contributed by atoms with Crippen molar-refractivity contribution < 1.29 is 13.2 Å². The summed E-state index contributed by atoms with van der Waals surface area (Å²) in [6.07, 6.45) is 0. The van der Waals surface area contributed by atoms with E-state index in [4.69, 9.17) is 11.6 Å². The third kappa shape index (κ3) is 4.84. The number of carbonyl (C=O) groups excluding carboxylic acids is 1. The predicted octanol–water partition coefficient (Wildman–Crippen LogP) is 3.60. The largest absolute Gasteiger partial charge is 0.311 e. The van der Waals surface area contributed by atoms with E-state index in [-0.39, 0.29) is 23.9 Å². The van der Waals surface area contributed by atoms with Gasteiger partial charge >= 0.3 is 0 Å². The molecule has 26 heavy (non-hydrogen) atoms. The summed E-state index contributed by atoms with van der Waals surface area (Å²) < 4.78 is 27.2. The molecule has 0 fully saturated rings. The van der Waals surface area contributed by atoms with E-state index in [1.165, 1.54) is 31.2 Å². The first-order valence-electron chi connectivity index (χ1n) is 8.23. The molecule has 0 saturated carbocycles. The quantitative estimate of drug-likeness (QED) is 0.814. The highest BCUT2D eigenvalue weighted by Gasteiger charge is 2.19. The Morgan fingerprint density at radius 1 is 1.08 bits per heavy atom. The van der Waals surface area contributed by atoms with E-state index < -0.39 is 10.0 Å². The van der Waals surface area contributed by atoms with Crippen molar-refractivity contribution >= 4 is 33.2 Å². The summed E-state index contributed by atoms with van der Waals surface area (Å²) in [6.45, 7) is 7.73. The summed E-state index contributed by atoms with van der Waals surface area (Å²) >= 11 is 5.79. The standard InChI is InChI=1S/C19H23ClN2O3S/c1-13-11-14(2)19(15(3)12-13)22(16(4)23)10-9-21-26(24,25)18-7-5-17(20)6-8-18/h5-8,11-12,21H,9-10H2,1-4H3. The lowest BCUT2D eigenvalue weighted by Gasteiger charge is -2.25. The molecule has 0 aliphatic rings. The van der Waals surface area contributed by atoms with Crippen LogP contribution in [0, 0.1) is 20.8 Å². The number of nitrogens with zero attached hydrogens (tertiary/aromatic N) is 1. The minimum atomic E-state index is -3.65. The predicted molar refractivity (Wildman–Crippen MR) is 105 cm³/mol. The van der Waals surface area contributed by atoms with Gasteiger partial charge in [-0.15, -0.1) is 0 Å². The molecule has 0 unspecified atom stereocenters. The van der Waals surface area contributed by atoms with Gasteiger partial charge in [-0.25, -0.2) is 13.1 Å². The van der Waals surface area contributed by atoms with E-state index >= 15 is 0 Å². The van der Waals surface area contributed by atoms with E-state index in [0.717, 1.165) is 22.4 Å². The highest BCUT2D eigenvalue weighted by molar-refractivity contribution is 7.89. The van der Waals surface area contributed by atoms with Crippen molar-refractivity contribution in [2.75, 3.05) is 18.0 Å². The van der Waals surface area contributed by atoms with Crippen LogP contribution in [0.15, 0.2) is 41.3 Å². The van der Waals surface area contributed by atoms with Crippen molar-refractivity contribution in [3.8, 4) is 0 Å². The van der Waals surface area contributed by atoms with Crippen LogP contribution in [0.5, 0.6) is 0 Å². The van der Waals surface area contributed by atoms with Gasteiger partial charge in [-0.05, 0) is 56.2 Å². The molecule has 0 heterocycles. The SMILES string of the molecule is CC(=O)N(CCNS(=O)(=O)c1ccc(Cl)cc1)c1c(C)cc(C)cc1C. The zero-order chi connectivity index (χ0) is 19.5. The number of anilines is 1. The topological polar surface area (TPSA) is 66.5 Å². The summed E-state index contributed by atoms with van der Waals surface area (Å²) in [4.78, 5) is 13.9. The van der Waals surface area contributed by atoms with Crippen LogP contribution in [0.3, 0.4) is 0 Å². The molecule has 0 spiro atoms. The number of aryl methyl sites for hydroxylation is 3. The molecule has 1 amide bonds. The number of rotatable bonds is 6. The second kappa shape index (κ2) is 8.20. The van der Waals surface area contributed by atoms with Gasteiger partial charge in [0.1, 0.15) is 0 Å². The molecule has 0 atom stereocenters. The molecule has 5 nitrogen and oxygen atoms in total. The zero-order valence-electron chi connectivity index (χ0n) is 15.3. The van der Waals surface area contributed by atoms with Crippen LogP contribution in [-0.4, -0.2) is 27.4 Å². The maximum absolute atomic E-state index is 12.4. The Labute approximate surface area is 160 Å². The molecule has 2 rings (SSSR count). The normalized spacial score (nSPS) is 11.4. The van der Waals surface area contributed by atoms with Gasteiger partial charge in [0.05, 0.1) is 4.90 Å². The molecule has 2 aromatic carbocycles. The van der Waals surface area contributed by atoms with Crippen LogP contribution in [-0.2, 0) is 14.8 Å². The zero-order valence-corrected chi connectivity index (χ0v) is 16.9. The van der Waals surface area contributed by atoms with Gasteiger partial charge in [-0.3, -0.25) is 4.79 Å². The number of hydrogen-bond acceptors (Lipinski definition) is 3. The van der Waals surface area contributed by atoms with Gasteiger partial charge in [0.25, 0.3) is 0 Å². The Morgan fingerprint density at radius 3 is 2.12 bits per heavy atom. The monoisotopic (exact) mass is 394 g/mol. The van der Waals surface area contributed by atoms with Gasteiger partial charge in [-0.1, -0.05) is 29.3 Å². The van der Waals surface area contributed by atoms with Crippen LogP contribution >= 0.6 is 11.6 Å². The molecule has 0 aliphatic carbocycles. The average Bonchev–Trinajstić information content (AvgIpc) is 2.52. The Morgan fingerprint density at radius 2 is 1.62 bits per heavy atom. The summed E-state index contributed by atoms with van der Waals surface area (Å²) in [5, 5.41) is 0.469. The van der Waals surface area contributed by atoms with Crippen LogP contribution in [0.25, 0.3) is 0 Å². The highest BCUT2D eigenvalue weighted by Crippen LogP contribution is 2.26. The van der Waals surface area contributed by atoms with Gasteiger partial charge in [0, 0.05) is 30.7 Å². The second-order valence-corrected chi connectivity index (χ2v) is 8.47. The second-order valence-electron chi connectivity index (χ2n) is 6.27. The summed E-state index contributed by atoms with van der Waals surface area (Å²) in [5.74, 6) is -0.134. The van der Waals surface area contributed by atoms with Crippen LogP contribution in [0.2, 0.25) is 5.02 Å². The number of sulfonamides is 1. The summed E-state index contributed by atoms with van der Waals surface area (Å²) in [7, 11) is -3.65. The van der Waals surface area contributed by atoms with E-state index in [2.05, 4.69) is 4.72 Å². The summed E-state index contributed by atoms with van der Waals surface area (Å²) in [5.41, 5.74) is 3.92. The number of amides is 1. The summed E-state index contributed by atoms with van der Waals surface area (Å²) in [6, 6.07) is 9.96. The van der Waals surface area contributed by atoms with Crippen molar-refractivity contribution in [2.24, 2.45) is 0 Å². The van der Waals surface area contributed by atoms with E-state index in [1.54, 1.807) is 4.90 Å². The van der Waals surface area contributed by atoms with Crippen molar-refractivity contribution in [1.82, 2.24) is 4.72 Å². The van der Waals surface area contributed by atoms with Crippen molar-refractivity contribution in [1.29, 1.82) is 0 Å². The molecule has 0 aliphatic heterocycles. The van der Waals surface area contributed by atoms with E-state index in [0.29, 0.717) is 5.02 Å². The highest BCUT2D eigenvalue weighted by atomic mass is 35.5. The van der Waals surface area contributed by atoms with Crippen molar-refractivity contribution in [2.45, 2.75) is 32.6 Å². The minimum Gasteiger partial charge on any atom is -0.311 e. The van der Waals surface area contributed by atoms with Crippen LogP contribution < -0.4 is 9.62 Å². The first-order chi connectivity index (χ1) is 12.1. The fourth-order valence-corrected chi connectivity index (χ4v) is 4.16. The maximum Gasteiger partial charge on any atom is 0.240 e. The number of halogens is 1. The third-order valence-electron chi connectivity index (χ3n) is 4.04. The van der Waals surface area contributed by atoms with Gasteiger partial charge in [0.2, 0.25) is 15.9 Å². The molecule has 0 bridgehead atoms. The third-order valence-corrected chi connectivity index (χ3v) is 5.77. The maximum atomic E-state index is 12.4. The Hall–Kier alpha value is -1.89. The molecule has 140 valence electrons. The van der Waals surface area contributed by atoms with Crippen LogP contribution in [0.4, 0.5) is 5.69 Å². The Kier molecular flexibility index (Phi) is 6.44. The van der Waals surface area contributed by atoms with Gasteiger partial charge in [-0.2, -0.15) is 0 Å². The van der Waals surface area contributed by atoms with Gasteiger partial charge < -0.3 is 4.90 Å². The lowest BCUT2D eigenvalue weighted by molar-refractivity contribution is -0.116. The number of hydrogen-bond donors (Lipinski definition) is 1. The van der Waals surface area contributed by atoms with E-state index in [1.807, 2.05) is 32.9 Å². The molecular weight excluding hydrogens is 372 g/mol. The number of carbonyl (C=O) groups is 1. The molecule has 0 saturated heterocycles. The smallest absolute Gasteiger partial charge is 0.240 e. The lowest BCUT2D eigenvalue weighted by atomic mass is 10.0. The number of benzene rings is 2. The molecular formula is C19H23ClN2O3S. The average molecular weight is 395 g/mol. The van der Waals surface area contributed by atoms with E-state index in [9.17, 15) is 13.2 Å². The molecule has 7 heteroatoms. The first-order valence-corrected chi connectivity index (χ1v) is 10.1.